The van der Waals surface area contributed by atoms with E-state index in [-0.39, 0.29) is 11.8 Å². The predicted octanol–water partition coefficient (Wildman–Crippen LogP) is 3.48. The first kappa shape index (κ1) is 17.2. The summed E-state index contributed by atoms with van der Waals surface area (Å²) in [6, 6.07) is 6.10. The van der Waals surface area contributed by atoms with Crippen LogP contribution in [0.3, 0.4) is 0 Å². The predicted molar refractivity (Wildman–Crippen MR) is 77.4 cm³/mol. The van der Waals surface area contributed by atoms with Crippen molar-refractivity contribution in [1.29, 1.82) is 0 Å². The van der Waals surface area contributed by atoms with Crippen LogP contribution in [-0.4, -0.2) is 31.1 Å². The monoisotopic (exact) mass is 300 g/mol. The second-order valence-electron chi connectivity index (χ2n) is 5.29. The fourth-order valence-corrected chi connectivity index (χ4v) is 1.72. The molecule has 0 heterocycles. The summed E-state index contributed by atoms with van der Waals surface area (Å²) in [7, 11) is 1.69. The first-order valence-corrected chi connectivity index (χ1v) is 6.91. The summed E-state index contributed by atoms with van der Waals surface area (Å²) in [6.07, 6.45) is 0.930. The number of hydrogen-bond donors (Lipinski definition) is 1. The van der Waals surface area contributed by atoms with Gasteiger partial charge in [0.15, 0.2) is 0 Å². The highest BCUT2D eigenvalue weighted by molar-refractivity contribution is 5.73. The molecule has 0 fully saturated rings. The van der Waals surface area contributed by atoms with Crippen LogP contribution in [0.5, 0.6) is 5.75 Å². The van der Waals surface area contributed by atoms with E-state index in [1.807, 2.05) is 0 Å². The SMILES string of the molecule is CC(C)CCNC(=O)N(C)Cc1ccc(OC(F)F)cc1. The molecule has 0 saturated carbocycles. The maximum atomic E-state index is 12.0. The van der Waals surface area contributed by atoms with Gasteiger partial charge in [-0.05, 0) is 30.0 Å². The Labute approximate surface area is 124 Å². The van der Waals surface area contributed by atoms with Crippen LogP contribution < -0.4 is 10.1 Å². The quantitative estimate of drug-likeness (QED) is 0.837. The maximum Gasteiger partial charge on any atom is 0.387 e. The average Bonchev–Trinajstić information content (AvgIpc) is 2.39. The summed E-state index contributed by atoms with van der Waals surface area (Å²) < 4.78 is 28.3. The molecule has 6 heteroatoms. The lowest BCUT2D eigenvalue weighted by molar-refractivity contribution is -0.0498. The molecule has 0 aromatic heterocycles. The third kappa shape index (κ3) is 6.92. The fraction of sp³-hybridized carbons (Fsp3) is 0.533. The normalized spacial score (nSPS) is 10.8. The van der Waals surface area contributed by atoms with Gasteiger partial charge in [0.1, 0.15) is 5.75 Å². The molecule has 0 aliphatic rings. The molecule has 118 valence electrons. The second kappa shape index (κ2) is 8.44. The zero-order valence-corrected chi connectivity index (χ0v) is 12.6. The summed E-state index contributed by atoms with van der Waals surface area (Å²) in [5.41, 5.74) is 0.845. The van der Waals surface area contributed by atoms with Gasteiger partial charge in [0.05, 0.1) is 0 Å². The summed E-state index contributed by atoms with van der Waals surface area (Å²) in [5, 5.41) is 2.83. The Bertz CT molecular complexity index is 436. The van der Waals surface area contributed by atoms with Crippen molar-refractivity contribution in [3.05, 3.63) is 29.8 Å². The maximum absolute atomic E-state index is 12.0. The zero-order chi connectivity index (χ0) is 15.8. The first-order chi connectivity index (χ1) is 9.88. The Morgan fingerprint density at radius 2 is 1.90 bits per heavy atom. The van der Waals surface area contributed by atoms with E-state index in [1.165, 1.54) is 12.1 Å². The number of carbonyl (C=O) groups is 1. The van der Waals surface area contributed by atoms with Crippen molar-refractivity contribution in [2.45, 2.75) is 33.4 Å². The van der Waals surface area contributed by atoms with Crippen LogP contribution in [-0.2, 0) is 6.54 Å². The van der Waals surface area contributed by atoms with E-state index >= 15 is 0 Å². The van der Waals surface area contributed by atoms with Gasteiger partial charge >= 0.3 is 12.6 Å². The molecule has 1 rings (SSSR count). The standard InChI is InChI=1S/C15H22F2N2O2/c1-11(2)8-9-18-15(20)19(3)10-12-4-6-13(7-5-12)21-14(16)17/h4-7,11,14H,8-10H2,1-3H3,(H,18,20). The highest BCUT2D eigenvalue weighted by Gasteiger charge is 2.09. The van der Waals surface area contributed by atoms with Crippen LogP contribution in [0.4, 0.5) is 13.6 Å². The number of hydrogen-bond acceptors (Lipinski definition) is 2. The van der Waals surface area contributed by atoms with E-state index in [0.29, 0.717) is 19.0 Å². The number of benzene rings is 1. The van der Waals surface area contributed by atoms with Gasteiger partial charge in [0, 0.05) is 20.1 Å². The van der Waals surface area contributed by atoms with Gasteiger partial charge in [0.2, 0.25) is 0 Å². The summed E-state index contributed by atoms with van der Waals surface area (Å²) in [6.45, 7) is 2.41. The van der Waals surface area contributed by atoms with E-state index in [4.69, 9.17) is 0 Å². The number of urea groups is 1. The number of amides is 2. The van der Waals surface area contributed by atoms with Crippen LogP contribution in [0, 0.1) is 5.92 Å². The molecule has 2 amide bonds. The van der Waals surface area contributed by atoms with Crippen molar-refractivity contribution in [2.75, 3.05) is 13.6 Å². The Kier molecular flexibility index (Phi) is 6.91. The molecule has 0 spiro atoms. The third-order valence-electron chi connectivity index (χ3n) is 2.91. The van der Waals surface area contributed by atoms with Crippen LogP contribution in [0.1, 0.15) is 25.8 Å². The van der Waals surface area contributed by atoms with E-state index in [2.05, 4.69) is 23.9 Å². The van der Waals surface area contributed by atoms with Crippen molar-refractivity contribution in [1.82, 2.24) is 10.2 Å². The Hall–Kier alpha value is -1.85. The molecule has 0 radical (unpaired) electrons. The number of alkyl halides is 2. The van der Waals surface area contributed by atoms with Gasteiger partial charge in [-0.1, -0.05) is 26.0 Å². The fourth-order valence-electron chi connectivity index (χ4n) is 1.72. The Morgan fingerprint density at radius 3 is 2.43 bits per heavy atom. The van der Waals surface area contributed by atoms with Crippen LogP contribution in [0.15, 0.2) is 24.3 Å². The number of nitrogens with one attached hydrogen (secondary N) is 1. The third-order valence-corrected chi connectivity index (χ3v) is 2.91. The molecule has 21 heavy (non-hydrogen) atoms. The van der Waals surface area contributed by atoms with Gasteiger partial charge in [-0.2, -0.15) is 8.78 Å². The van der Waals surface area contributed by atoms with Gasteiger partial charge in [-0.3, -0.25) is 0 Å². The lowest BCUT2D eigenvalue weighted by Crippen LogP contribution is -2.37. The summed E-state index contributed by atoms with van der Waals surface area (Å²) in [4.78, 5) is 13.4. The minimum Gasteiger partial charge on any atom is -0.435 e. The lowest BCUT2D eigenvalue weighted by atomic mass is 10.1. The van der Waals surface area contributed by atoms with E-state index in [1.54, 1.807) is 24.1 Å². The number of nitrogens with zero attached hydrogens (tertiary/aromatic N) is 1. The number of halogens is 2. The van der Waals surface area contributed by atoms with Gasteiger partial charge in [0.25, 0.3) is 0 Å². The molecule has 1 N–H and O–H groups in total. The van der Waals surface area contributed by atoms with Gasteiger partial charge in [-0.15, -0.1) is 0 Å². The van der Waals surface area contributed by atoms with E-state index in [9.17, 15) is 13.6 Å². The minimum absolute atomic E-state index is 0.109. The molecule has 1 aromatic carbocycles. The van der Waals surface area contributed by atoms with Gasteiger partial charge in [-0.25, -0.2) is 4.79 Å². The van der Waals surface area contributed by atoms with Crippen LogP contribution >= 0.6 is 0 Å². The largest absolute Gasteiger partial charge is 0.435 e. The molecular formula is C15H22F2N2O2. The molecule has 0 saturated heterocycles. The van der Waals surface area contributed by atoms with Crippen LogP contribution in [0.25, 0.3) is 0 Å². The molecule has 0 aliphatic carbocycles. The second-order valence-corrected chi connectivity index (χ2v) is 5.29. The lowest BCUT2D eigenvalue weighted by Gasteiger charge is -2.18. The Balaban J connectivity index is 2.43. The van der Waals surface area contributed by atoms with E-state index < -0.39 is 6.61 Å². The highest BCUT2D eigenvalue weighted by Crippen LogP contribution is 2.15. The zero-order valence-electron chi connectivity index (χ0n) is 12.6. The van der Waals surface area contributed by atoms with Crippen molar-refractivity contribution < 1.29 is 18.3 Å². The first-order valence-electron chi connectivity index (χ1n) is 6.91. The summed E-state index contributed by atoms with van der Waals surface area (Å²) in [5.74, 6) is 0.649. The van der Waals surface area contributed by atoms with Crippen molar-refractivity contribution >= 4 is 6.03 Å². The van der Waals surface area contributed by atoms with Crippen molar-refractivity contribution in [3.8, 4) is 5.75 Å². The Morgan fingerprint density at radius 1 is 1.29 bits per heavy atom. The number of rotatable bonds is 7. The van der Waals surface area contributed by atoms with Crippen molar-refractivity contribution in [2.24, 2.45) is 5.92 Å². The number of ether oxygens (including phenoxy) is 1. The molecule has 0 atom stereocenters. The number of carbonyl (C=O) groups excluding carboxylic acids is 1. The van der Waals surface area contributed by atoms with Crippen molar-refractivity contribution in [3.63, 3.8) is 0 Å². The van der Waals surface area contributed by atoms with E-state index in [0.717, 1.165) is 12.0 Å². The molecule has 0 aliphatic heterocycles. The molecule has 0 bridgehead atoms. The molecule has 4 nitrogen and oxygen atoms in total. The minimum atomic E-state index is -2.83. The van der Waals surface area contributed by atoms with Crippen LogP contribution in [0.2, 0.25) is 0 Å². The summed E-state index contributed by atoms with van der Waals surface area (Å²) >= 11 is 0. The smallest absolute Gasteiger partial charge is 0.387 e. The highest BCUT2D eigenvalue weighted by atomic mass is 19.3. The average molecular weight is 300 g/mol. The topological polar surface area (TPSA) is 41.6 Å². The molecular weight excluding hydrogens is 278 g/mol. The van der Waals surface area contributed by atoms with Gasteiger partial charge < -0.3 is 15.0 Å². The molecule has 0 unspecified atom stereocenters. The molecule has 1 aromatic rings.